The molecule has 1 saturated heterocycles. The first-order valence-electron chi connectivity index (χ1n) is 10.4. The van der Waals surface area contributed by atoms with E-state index >= 15 is 0 Å². The number of likely N-dealkylation sites (tertiary alicyclic amines) is 1. The molecule has 0 radical (unpaired) electrons. The van der Waals surface area contributed by atoms with Crippen LogP contribution in [0.15, 0.2) is 33.9 Å². The fourth-order valence-electron chi connectivity index (χ4n) is 4.93. The van der Waals surface area contributed by atoms with Crippen molar-refractivity contribution >= 4 is 5.91 Å². The molecule has 29 heavy (non-hydrogen) atoms. The van der Waals surface area contributed by atoms with Crippen molar-refractivity contribution in [3.8, 4) is 0 Å². The summed E-state index contributed by atoms with van der Waals surface area (Å²) >= 11 is 0. The van der Waals surface area contributed by atoms with Gasteiger partial charge >= 0.3 is 5.69 Å². The Morgan fingerprint density at radius 1 is 1.28 bits per heavy atom. The maximum Gasteiger partial charge on any atom is 0.345 e. The Morgan fingerprint density at radius 3 is 2.79 bits per heavy atom. The van der Waals surface area contributed by atoms with Gasteiger partial charge in [0.25, 0.3) is 11.5 Å². The molecule has 7 nitrogen and oxygen atoms in total. The van der Waals surface area contributed by atoms with E-state index in [2.05, 4.69) is 23.8 Å². The first kappa shape index (κ1) is 19.6. The van der Waals surface area contributed by atoms with Crippen LogP contribution >= 0.6 is 0 Å². The standard InChI is InChI=1S/C22H28N4O3/c1-13(2)7-8-19-16-10-15(18-5-4-6-20(27)26(18)19)11-25(12-16)21(28)17-9-14(3)23-22(29)24-17/h4-6,9,13,15-16,19H,7-8,10-12H2,1-3H3,(H,23,24,29)/t15-,16+,19+/m1/s1. The molecule has 0 unspecified atom stereocenters. The number of pyridine rings is 1. The van der Waals surface area contributed by atoms with Gasteiger partial charge < -0.3 is 14.5 Å². The summed E-state index contributed by atoms with van der Waals surface area (Å²) in [6.07, 6.45) is 2.95. The molecule has 1 fully saturated rings. The van der Waals surface area contributed by atoms with Crippen molar-refractivity contribution in [2.45, 2.75) is 52.0 Å². The van der Waals surface area contributed by atoms with E-state index in [4.69, 9.17) is 0 Å². The van der Waals surface area contributed by atoms with Gasteiger partial charge in [0.05, 0.1) is 0 Å². The second kappa shape index (κ2) is 7.61. The lowest BCUT2D eigenvalue weighted by molar-refractivity contribution is 0.0507. The predicted molar refractivity (Wildman–Crippen MR) is 110 cm³/mol. The number of aromatic amines is 1. The molecule has 0 saturated carbocycles. The number of H-pyrrole nitrogens is 1. The Labute approximate surface area is 169 Å². The summed E-state index contributed by atoms with van der Waals surface area (Å²) in [7, 11) is 0. The minimum Gasteiger partial charge on any atom is -0.336 e. The molecule has 0 aliphatic carbocycles. The van der Waals surface area contributed by atoms with Crippen LogP contribution in [-0.4, -0.2) is 38.4 Å². The lowest BCUT2D eigenvalue weighted by Gasteiger charge is -2.47. The van der Waals surface area contributed by atoms with Crippen molar-refractivity contribution in [1.82, 2.24) is 19.4 Å². The van der Waals surface area contributed by atoms with Crippen LogP contribution in [-0.2, 0) is 0 Å². The number of carbonyl (C=O) groups is 1. The summed E-state index contributed by atoms with van der Waals surface area (Å²) in [6.45, 7) is 7.26. The highest BCUT2D eigenvalue weighted by Crippen LogP contribution is 2.43. The normalized spacial score (nSPS) is 23.2. The van der Waals surface area contributed by atoms with Gasteiger partial charge in [0.15, 0.2) is 0 Å². The molecule has 2 aromatic heterocycles. The fraction of sp³-hybridized carbons (Fsp3) is 0.545. The van der Waals surface area contributed by atoms with Crippen LogP contribution in [0.1, 0.15) is 66.9 Å². The van der Waals surface area contributed by atoms with Gasteiger partial charge in [-0.25, -0.2) is 4.79 Å². The minimum absolute atomic E-state index is 0.0533. The summed E-state index contributed by atoms with van der Waals surface area (Å²) in [4.78, 5) is 45.8. The number of aryl methyl sites for hydroxylation is 1. The van der Waals surface area contributed by atoms with Gasteiger partial charge in [-0.1, -0.05) is 19.9 Å². The zero-order chi connectivity index (χ0) is 20.7. The van der Waals surface area contributed by atoms with E-state index in [1.165, 1.54) is 0 Å². The number of fused-ring (bicyclic) bond motifs is 4. The predicted octanol–water partition coefficient (Wildman–Crippen LogP) is 2.48. The van der Waals surface area contributed by atoms with E-state index in [-0.39, 0.29) is 35.0 Å². The van der Waals surface area contributed by atoms with Crippen LogP contribution in [0.5, 0.6) is 0 Å². The molecular weight excluding hydrogens is 368 g/mol. The van der Waals surface area contributed by atoms with Crippen molar-refractivity contribution in [3.63, 3.8) is 0 Å². The van der Waals surface area contributed by atoms with Crippen molar-refractivity contribution in [3.05, 3.63) is 62.2 Å². The third-order valence-corrected chi connectivity index (χ3v) is 6.22. The molecule has 7 heteroatoms. The van der Waals surface area contributed by atoms with Crippen LogP contribution in [0.25, 0.3) is 0 Å². The quantitative estimate of drug-likeness (QED) is 0.860. The van der Waals surface area contributed by atoms with Gasteiger partial charge in [-0.15, -0.1) is 0 Å². The maximum atomic E-state index is 13.1. The van der Waals surface area contributed by atoms with E-state index in [0.29, 0.717) is 24.7 Å². The molecule has 2 bridgehead atoms. The molecule has 4 rings (SSSR count). The van der Waals surface area contributed by atoms with Crippen LogP contribution in [0.3, 0.4) is 0 Å². The van der Waals surface area contributed by atoms with Crippen LogP contribution in [0, 0.1) is 18.8 Å². The zero-order valence-electron chi connectivity index (χ0n) is 17.2. The molecule has 2 aromatic rings. The van der Waals surface area contributed by atoms with E-state index in [1.807, 2.05) is 21.6 Å². The minimum atomic E-state index is -0.503. The summed E-state index contributed by atoms with van der Waals surface area (Å²) < 4.78 is 1.98. The SMILES string of the molecule is Cc1cc(C(=O)N2C[C@H]3C[C@@H](C2)[C@H](CCC(C)C)n2c3cccc2=O)nc(=O)[nH]1. The van der Waals surface area contributed by atoms with E-state index in [0.717, 1.165) is 25.0 Å². The van der Waals surface area contributed by atoms with Gasteiger partial charge in [0.1, 0.15) is 5.69 Å². The van der Waals surface area contributed by atoms with Crippen molar-refractivity contribution in [2.24, 2.45) is 11.8 Å². The van der Waals surface area contributed by atoms with Crippen LogP contribution in [0.2, 0.25) is 0 Å². The zero-order valence-corrected chi connectivity index (χ0v) is 17.2. The van der Waals surface area contributed by atoms with E-state index < -0.39 is 5.69 Å². The maximum absolute atomic E-state index is 13.1. The Kier molecular flexibility index (Phi) is 5.15. The number of nitrogens with zero attached hydrogens (tertiary/aromatic N) is 3. The summed E-state index contributed by atoms with van der Waals surface area (Å²) in [6, 6.07) is 7.20. The third-order valence-electron chi connectivity index (χ3n) is 6.22. The fourth-order valence-corrected chi connectivity index (χ4v) is 4.93. The highest BCUT2D eigenvalue weighted by atomic mass is 16.2. The second-order valence-corrected chi connectivity index (χ2v) is 8.85. The molecule has 154 valence electrons. The first-order valence-corrected chi connectivity index (χ1v) is 10.4. The van der Waals surface area contributed by atoms with Crippen LogP contribution < -0.4 is 11.2 Å². The number of aromatic nitrogens is 3. The van der Waals surface area contributed by atoms with Gasteiger partial charge in [-0.05, 0) is 50.2 Å². The number of hydrogen-bond acceptors (Lipinski definition) is 4. The van der Waals surface area contributed by atoms with E-state index in [9.17, 15) is 14.4 Å². The monoisotopic (exact) mass is 396 g/mol. The molecule has 4 heterocycles. The number of amides is 1. The number of rotatable bonds is 4. The Morgan fingerprint density at radius 2 is 2.07 bits per heavy atom. The molecule has 2 aliphatic heterocycles. The van der Waals surface area contributed by atoms with Gasteiger partial charge in [0, 0.05) is 42.5 Å². The number of hydrogen-bond donors (Lipinski definition) is 1. The smallest absolute Gasteiger partial charge is 0.336 e. The second-order valence-electron chi connectivity index (χ2n) is 8.85. The van der Waals surface area contributed by atoms with Crippen LogP contribution in [0.4, 0.5) is 0 Å². The van der Waals surface area contributed by atoms with Gasteiger partial charge in [0.2, 0.25) is 0 Å². The first-order chi connectivity index (χ1) is 13.8. The highest BCUT2D eigenvalue weighted by Gasteiger charge is 2.41. The molecule has 1 N–H and O–H groups in total. The number of piperidine rings is 1. The average Bonchev–Trinajstić information content (AvgIpc) is 2.66. The number of nitrogens with one attached hydrogen (secondary N) is 1. The Bertz CT molecular complexity index is 1040. The lowest BCUT2D eigenvalue weighted by atomic mass is 9.76. The average molecular weight is 396 g/mol. The molecule has 0 aromatic carbocycles. The van der Waals surface area contributed by atoms with Crippen molar-refractivity contribution in [1.29, 1.82) is 0 Å². The van der Waals surface area contributed by atoms with Gasteiger partial charge in [-0.2, -0.15) is 4.98 Å². The molecule has 0 spiro atoms. The van der Waals surface area contributed by atoms with Crippen molar-refractivity contribution in [2.75, 3.05) is 13.1 Å². The lowest BCUT2D eigenvalue weighted by Crippen LogP contribution is -2.51. The molecule has 2 aliphatic rings. The molecule has 1 amide bonds. The van der Waals surface area contributed by atoms with Gasteiger partial charge in [-0.3, -0.25) is 9.59 Å². The summed E-state index contributed by atoms with van der Waals surface area (Å²) in [5.74, 6) is 0.709. The number of carbonyl (C=O) groups excluding carboxylic acids is 1. The highest BCUT2D eigenvalue weighted by molar-refractivity contribution is 5.92. The topological polar surface area (TPSA) is 88.1 Å². The summed E-state index contributed by atoms with van der Waals surface area (Å²) in [5.41, 5.74) is 1.39. The Hall–Kier alpha value is -2.70. The van der Waals surface area contributed by atoms with Crippen molar-refractivity contribution < 1.29 is 4.79 Å². The summed E-state index contributed by atoms with van der Waals surface area (Å²) in [5, 5.41) is 0. The molecule has 3 atom stereocenters. The largest absolute Gasteiger partial charge is 0.345 e. The van der Waals surface area contributed by atoms with E-state index in [1.54, 1.807) is 19.1 Å². The Balaban J connectivity index is 1.68. The third kappa shape index (κ3) is 3.78. The molecular formula is C22H28N4O3.